The van der Waals surface area contributed by atoms with Gasteiger partial charge in [-0.3, -0.25) is 4.79 Å². The molecular formula is C23H27NO2. The quantitative estimate of drug-likeness (QED) is 0.838. The van der Waals surface area contributed by atoms with E-state index in [1.165, 1.54) is 16.7 Å². The van der Waals surface area contributed by atoms with E-state index in [1.807, 2.05) is 0 Å². The summed E-state index contributed by atoms with van der Waals surface area (Å²) in [5.41, 5.74) is 4.24. The van der Waals surface area contributed by atoms with Crippen LogP contribution in [0.25, 0.3) is 0 Å². The van der Waals surface area contributed by atoms with E-state index in [0.29, 0.717) is 11.8 Å². The summed E-state index contributed by atoms with van der Waals surface area (Å²) in [7, 11) is 1.72. The number of hydrogen-bond donors (Lipinski definition) is 1. The average Bonchev–Trinajstić information content (AvgIpc) is 3.53. The lowest BCUT2D eigenvalue weighted by molar-refractivity contribution is -0.122. The average molecular weight is 349 g/mol. The normalized spacial score (nSPS) is 21.7. The van der Waals surface area contributed by atoms with Crippen LogP contribution in [0.15, 0.2) is 48.5 Å². The monoisotopic (exact) mass is 349 g/mol. The van der Waals surface area contributed by atoms with E-state index in [0.717, 1.165) is 44.4 Å². The highest BCUT2D eigenvalue weighted by atomic mass is 16.5. The van der Waals surface area contributed by atoms with Gasteiger partial charge in [0.25, 0.3) is 0 Å². The first-order valence-electron chi connectivity index (χ1n) is 9.74. The van der Waals surface area contributed by atoms with Gasteiger partial charge in [-0.05, 0) is 72.8 Å². The molecule has 3 heteroatoms. The Labute approximate surface area is 155 Å². The number of carbonyl (C=O) groups excluding carboxylic acids is 1. The number of nitrogens with one attached hydrogen (secondary N) is 1. The maximum atomic E-state index is 11.9. The highest BCUT2D eigenvalue weighted by Gasteiger charge is 2.31. The molecule has 2 aliphatic carbocycles. The molecular weight excluding hydrogens is 322 g/mol. The minimum Gasteiger partial charge on any atom is -0.497 e. The zero-order chi connectivity index (χ0) is 17.9. The van der Waals surface area contributed by atoms with Gasteiger partial charge >= 0.3 is 0 Å². The highest BCUT2D eigenvalue weighted by molar-refractivity contribution is 5.80. The Balaban J connectivity index is 1.52. The van der Waals surface area contributed by atoms with Gasteiger partial charge < -0.3 is 10.1 Å². The van der Waals surface area contributed by atoms with Crippen LogP contribution < -0.4 is 10.1 Å². The van der Waals surface area contributed by atoms with Gasteiger partial charge in [-0.15, -0.1) is 0 Å². The predicted octanol–water partition coefficient (Wildman–Crippen LogP) is 4.43. The minimum atomic E-state index is 0.242. The molecule has 2 atom stereocenters. The van der Waals surface area contributed by atoms with Crippen LogP contribution in [-0.2, 0) is 11.2 Å². The van der Waals surface area contributed by atoms with Gasteiger partial charge in [0.1, 0.15) is 5.75 Å². The Kier molecular flexibility index (Phi) is 4.96. The molecule has 1 fully saturated rings. The van der Waals surface area contributed by atoms with Gasteiger partial charge in [0.2, 0.25) is 5.91 Å². The van der Waals surface area contributed by atoms with Crippen molar-refractivity contribution >= 4 is 5.91 Å². The molecule has 1 amide bonds. The van der Waals surface area contributed by atoms with E-state index < -0.39 is 0 Å². The standard InChI is InChI=1S/C23H27NO2/c1-26-21-10-9-18-13-20(16-5-3-2-4-6-16)14-19(22(18)15-21)11-12-24-23(25)17-7-8-17/h2-6,9-10,15,17,19-20H,7-8,11-14H2,1H3,(H,24,25). The molecule has 2 aromatic rings. The van der Waals surface area contributed by atoms with Gasteiger partial charge in [-0.1, -0.05) is 36.4 Å². The van der Waals surface area contributed by atoms with Crippen molar-refractivity contribution in [3.05, 3.63) is 65.2 Å². The number of carbonyl (C=O) groups is 1. The van der Waals surface area contributed by atoms with E-state index in [2.05, 4.69) is 53.8 Å². The fourth-order valence-corrected chi connectivity index (χ4v) is 4.20. The van der Waals surface area contributed by atoms with Crippen LogP contribution in [0, 0.1) is 5.92 Å². The molecule has 0 spiro atoms. The van der Waals surface area contributed by atoms with Gasteiger partial charge in [-0.25, -0.2) is 0 Å². The van der Waals surface area contributed by atoms with Crippen molar-refractivity contribution < 1.29 is 9.53 Å². The summed E-state index contributed by atoms with van der Waals surface area (Å²) in [4.78, 5) is 11.9. The second-order valence-corrected chi connectivity index (χ2v) is 7.66. The number of rotatable bonds is 6. The maximum Gasteiger partial charge on any atom is 0.223 e. The Morgan fingerprint density at radius 1 is 1.15 bits per heavy atom. The van der Waals surface area contributed by atoms with Crippen LogP contribution in [0.3, 0.4) is 0 Å². The van der Waals surface area contributed by atoms with Crippen LogP contribution in [0.5, 0.6) is 5.75 Å². The Morgan fingerprint density at radius 2 is 1.96 bits per heavy atom. The summed E-state index contributed by atoms with van der Waals surface area (Å²) in [6.45, 7) is 0.762. The van der Waals surface area contributed by atoms with E-state index in [4.69, 9.17) is 4.74 Å². The molecule has 1 saturated carbocycles. The molecule has 0 saturated heterocycles. The lowest BCUT2D eigenvalue weighted by Crippen LogP contribution is -2.28. The van der Waals surface area contributed by atoms with Crippen molar-refractivity contribution in [1.82, 2.24) is 5.32 Å². The highest BCUT2D eigenvalue weighted by Crippen LogP contribution is 2.42. The fraction of sp³-hybridized carbons (Fsp3) is 0.435. The van der Waals surface area contributed by atoms with E-state index in [1.54, 1.807) is 7.11 Å². The molecule has 2 unspecified atom stereocenters. The predicted molar refractivity (Wildman–Crippen MR) is 104 cm³/mol. The topological polar surface area (TPSA) is 38.3 Å². The van der Waals surface area contributed by atoms with Crippen molar-refractivity contribution in [2.24, 2.45) is 5.92 Å². The molecule has 2 aromatic carbocycles. The first-order valence-corrected chi connectivity index (χ1v) is 9.74. The first-order chi connectivity index (χ1) is 12.7. The zero-order valence-corrected chi connectivity index (χ0v) is 15.4. The maximum absolute atomic E-state index is 11.9. The van der Waals surface area contributed by atoms with Crippen molar-refractivity contribution in [1.29, 1.82) is 0 Å². The van der Waals surface area contributed by atoms with Crippen molar-refractivity contribution in [3.63, 3.8) is 0 Å². The van der Waals surface area contributed by atoms with E-state index in [-0.39, 0.29) is 11.8 Å². The van der Waals surface area contributed by atoms with Gasteiger partial charge in [0.15, 0.2) is 0 Å². The molecule has 26 heavy (non-hydrogen) atoms. The van der Waals surface area contributed by atoms with Crippen molar-refractivity contribution in [2.75, 3.05) is 13.7 Å². The van der Waals surface area contributed by atoms with Crippen LogP contribution in [0.1, 0.15) is 54.2 Å². The molecule has 3 nitrogen and oxygen atoms in total. The van der Waals surface area contributed by atoms with Crippen LogP contribution in [0.4, 0.5) is 0 Å². The number of methoxy groups -OCH3 is 1. The summed E-state index contributed by atoms with van der Waals surface area (Å²) in [6, 6.07) is 17.3. The first kappa shape index (κ1) is 17.1. The molecule has 0 aliphatic heterocycles. The summed E-state index contributed by atoms with van der Waals surface area (Å²) in [5.74, 6) is 2.45. The summed E-state index contributed by atoms with van der Waals surface area (Å²) in [6.07, 6.45) is 5.32. The minimum absolute atomic E-state index is 0.242. The van der Waals surface area contributed by atoms with Gasteiger partial charge in [0, 0.05) is 12.5 Å². The molecule has 136 valence electrons. The lowest BCUT2D eigenvalue weighted by atomic mass is 9.73. The van der Waals surface area contributed by atoms with E-state index in [9.17, 15) is 4.79 Å². The molecule has 0 bridgehead atoms. The zero-order valence-electron chi connectivity index (χ0n) is 15.4. The number of ether oxygens (including phenoxy) is 1. The number of amides is 1. The summed E-state index contributed by atoms with van der Waals surface area (Å²) >= 11 is 0. The van der Waals surface area contributed by atoms with Crippen LogP contribution >= 0.6 is 0 Å². The second kappa shape index (κ2) is 7.53. The van der Waals surface area contributed by atoms with Crippen molar-refractivity contribution in [2.45, 2.75) is 43.9 Å². The Morgan fingerprint density at radius 3 is 2.69 bits per heavy atom. The molecule has 0 radical (unpaired) electrons. The summed E-state index contributed by atoms with van der Waals surface area (Å²) in [5, 5.41) is 3.14. The third-order valence-corrected chi connectivity index (χ3v) is 5.84. The summed E-state index contributed by atoms with van der Waals surface area (Å²) < 4.78 is 5.45. The molecule has 0 heterocycles. The molecule has 1 N–H and O–H groups in total. The molecule has 0 aromatic heterocycles. The van der Waals surface area contributed by atoms with Gasteiger partial charge in [0.05, 0.1) is 7.11 Å². The van der Waals surface area contributed by atoms with Crippen LogP contribution in [0.2, 0.25) is 0 Å². The Bertz CT molecular complexity index is 767. The Hall–Kier alpha value is -2.29. The van der Waals surface area contributed by atoms with Crippen molar-refractivity contribution in [3.8, 4) is 5.75 Å². The molecule has 2 aliphatic rings. The second-order valence-electron chi connectivity index (χ2n) is 7.66. The third-order valence-electron chi connectivity index (χ3n) is 5.84. The third kappa shape index (κ3) is 3.77. The van der Waals surface area contributed by atoms with Crippen LogP contribution in [-0.4, -0.2) is 19.6 Å². The lowest BCUT2D eigenvalue weighted by Gasteiger charge is -2.32. The SMILES string of the molecule is COc1ccc2c(c1)C(CCNC(=O)C1CC1)CC(c1ccccc1)C2. The number of hydrogen-bond acceptors (Lipinski definition) is 2. The fourth-order valence-electron chi connectivity index (χ4n) is 4.20. The smallest absolute Gasteiger partial charge is 0.223 e. The molecule has 4 rings (SSSR count). The van der Waals surface area contributed by atoms with E-state index >= 15 is 0 Å². The largest absolute Gasteiger partial charge is 0.497 e. The van der Waals surface area contributed by atoms with Gasteiger partial charge in [-0.2, -0.15) is 0 Å². The number of benzene rings is 2. The number of fused-ring (bicyclic) bond motifs is 1.